The average Bonchev–Trinajstić information content (AvgIpc) is 3.15. The van der Waals surface area contributed by atoms with Crippen LogP contribution in [0.5, 0.6) is 0 Å². The van der Waals surface area contributed by atoms with E-state index in [-0.39, 0.29) is 5.91 Å². The topological polar surface area (TPSA) is 45.5 Å². The summed E-state index contributed by atoms with van der Waals surface area (Å²) in [7, 11) is 0. The zero-order valence-corrected chi connectivity index (χ0v) is 14.6. The molecule has 0 saturated carbocycles. The Balaban J connectivity index is 1.42. The molecule has 0 radical (unpaired) electrons. The lowest BCUT2D eigenvalue weighted by Crippen LogP contribution is -2.38. The SMILES string of the molecule is Cc1cc(C)c(C(=O)NCC2CCN(Cc3cccs3)CC2)o1. The molecule has 0 atom stereocenters. The Morgan fingerprint density at radius 3 is 2.78 bits per heavy atom. The van der Waals surface area contributed by atoms with Crippen molar-refractivity contribution in [3.63, 3.8) is 0 Å². The second-order valence-corrected chi connectivity index (χ2v) is 7.41. The van der Waals surface area contributed by atoms with Crippen molar-refractivity contribution >= 4 is 17.2 Å². The fourth-order valence-corrected chi connectivity index (χ4v) is 3.90. The summed E-state index contributed by atoms with van der Waals surface area (Å²) in [6.07, 6.45) is 2.28. The van der Waals surface area contributed by atoms with Crippen molar-refractivity contribution in [3.8, 4) is 0 Å². The van der Waals surface area contributed by atoms with Gasteiger partial charge in [-0.2, -0.15) is 0 Å². The van der Waals surface area contributed by atoms with Crippen molar-refractivity contribution in [1.29, 1.82) is 0 Å². The molecule has 0 spiro atoms. The van der Waals surface area contributed by atoms with Crippen LogP contribution in [0.1, 0.15) is 39.6 Å². The van der Waals surface area contributed by atoms with Crippen LogP contribution in [0.4, 0.5) is 0 Å². The number of rotatable bonds is 5. The van der Waals surface area contributed by atoms with Crippen LogP contribution in [0.3, 0.4) is 0 Å². The normalized spacial score (nSPS) is 16.6. The number of hydrogen-bond donors (Lipinski definition) is 1. The molecule has 23 heavy (non-hydrogen) atoms. The molecule has 3 heterocycles. The first-order valence-electron chi connectivity index (χ1n) is 8.22. The molecule has 2 aromatic heterocycles. The van der Waals surface area contributed by atoms with Crippen LogP contribution in [0.2, 0.25) is 0 Å². The molecular weight excluding hydrogens is 308 g/mol. The van der Waals surface area contributed by atoms with Gasteiger partial charge in [0.25, 0.3) is 5.91 Å². The molecule has 1 fully saturated rings. The van der Waals surface area contributed by atoms with Gasteiger partial charge in [-0.25, -0.2) is 0 Å². The van der Waals surface area contributed by atoms with Crippen LogP contribution in [0.15, 0.2) is 28.0 Å². The molecule has 1 saturated heterocycles. The molecule has 0 unspecified atom stereocenters. The fourth-order valence-electron chi connectivity index (χ4n) is 3.16. The smallest absolute Gasteiger partial charge is 0.287 e. The first-order valence-corrected chi connectivity index (χ1v) is 9.10. The zero-order chi connectivity index (χ0) is 16.2. The highest BCUT2D eigenvalue weighted by Gasteiger charge is 2.21. The molecule has 1 N–H and O–H groups in total. The summed E-state index contributed by atoms with van der Waals surface area (Å²) in [5.41, 5.74) is 0.908. The van der Waals surface area contributed by atoms with Gasteiger partial charge in [-0.05, 0) is 63.2 Å². The highest BCUT2D eigenvalue weighted by atomic mass is 32.1. The number of likely N-dealkylation sites (tertiary alicyclic amines) is 1. The number of carbonyl (C=O) groups excluding carboxylic acids is 1. The Morgan fingerprint density at radius 1 is 1.39 bits per heavy atom. The van der Waals surface area contributed by atoms with Crippen molar-refractivity contribution < 1.29 is 9.21 Å². The molecule has 1 aliphatic heterocycles. The number of thiophene rings is 1. The predicted octanol–water partition coefficient (Wildman–Crippen LogP) is 3.60. The average molecular weight is 332 g/mol. The van der Waals surface area contributed by atoms with Gasteiger partial charge >= 0.3 is 0 Å². The van der Waals surface area contributed by atoms with Crippen LogP contribution < -0.4 is 5.32 Å². The summed E-state index contributed by atoms with van der Waals surface area (Å²) in [4.78, 5) is 16.1. The van der Waals surface area contributed by atoms with Crippen LogP contribution in [-0.2, 0) is 6.54 Å². The lowest BCUT2D eigenvalue weighted by Gasteiger charge is -2.31. The van der Waals surface area contributed by atoms with E-state index in [1.165, 1.54) is 4.88 Å². The van der Waals surface area contributed by atoms with E-state index in [1.54, 1.807) is 0 Å². The standard InChI is InChI=1S/C18H24N2O2S/c1-13-10-14(2)22-17(13)18(21)19-11-15-5-7-20(8-6-15)12-16-4-3-9-23-16/h3-4,9-10,15H,5-8,11-12H2,1-2H3,(H,19,21). The van der Waals surface area contributed by atoms with Gasteiger partial charge in [0.05, 0.1) is 0 Å². The monoisotopic (exact) mass is 332 g/mol. The molecule has 2 aromatic rings. The second-order valence-electron chi connectivity index (χ2n) is 6.38. The summed E-state index contributed by atoms with van der Waals surface area (Å²) in [5, 5.41) is 5.17. The molecular formula is C18H24N2O2S. The summed E-state index contributed by atoms with van der Waals surface area (Å²) in [6.45, 7) is 7.79. The Hall–Kier alpha value is -1.59. The molecule has 0 aromatic carbocycles. The van der Waals surface area contributed by atoms with E-state index < -0.39 is 0 Å². The molecule has 1 aliphatic rings. The van der Waals surface area contributed by atoms with E-state index in [0.717, 1.165) is 50.3 Å². The van der Waals surface area contributed by atoms with Gasteiger partial charge < -0.3 is 9.73 Å². The van der Waals surface area contributed by atoms with Gasteiger partial charge in [-0.15, -0.1) is 11.3 Å². The fraction of sp³-hybridized carbons (Fsp3) is 0.500. The summed E-state index contributed by atoms with van der Waals surface area (Å²) < 4.78 is 5.47. The number of amides is 1. The summed E-state index contributed by atoms with van der Waals surface area (Å²) >= 11 is 1.82. The first-order chi connectivity index (χ1) is 11.1. The number of nitrogens with one attached hydrogen (secondary N) is 1. The number of hydrogen-bond acceptors (Lipinski definition) is 4. The zero-order valence-electron chi connectivity index (χ0n) is 13.8. The highest BCUT2D eigenvalue weighted by molar-refractivity contribution is 7.09. The lowest BCUT2D eigenvalue weighted by atomic mass is 9.96. The van der Waals surface area contributed by atoms with Crippen LogP contribution in [0.25, 0.3) is 0 Å². The maximum atomic E-state index is 12.2. The number of nitrogens with zero attached hydrogens (tertiary/aromatic N) is 1. The summed E-state index contributed by atoms with van der Waals surface area (Å²) in [5.74, 6) is 1.72. The van der Waals surface area contributed by atoms with E-state index in [0.29, 0.717) is 11.7 Å². The van der Waals surface area contributed by atoms with E-state index in [2.05, 4.69) is 27.7 Å². The molecule has 4 nitrogen and oxygen atoms in total. The Kier molecular flexibility index (Phi) is 5.18. The Labute approximate surface area is 141 Å². The highest BCUT2D eigenvalue weighted by Crippen LogP contribution is 2.20. The molecule has 5 heteroatoms. The minimum absolute atomic E-state index is 0.0865. The number of furan rings is 1. The summed E-state index contributed by atoms with van der Waals surface area (Å²) in [6, 6.07) is 6.21. The van der Waals surface area contributed by atoms with Crippen molar-refractivity contribution in [1.82, 2.24) is 10.2 Å². The molecule has 3 rings (SSSR count). The maximum Gasteiger partial charge on any atom is 0.287 e. The molecule has 0 bridgehead atoms. The number of aryl methyl sites for hydroxylation is 2. The predicted molar refractivity (Wildman–Crippen MR) is 92.8 cm³/mol. The van der Waals surface area contributed by atoms with E-state index in [9.17, 15) is 4.79 Å². The van der Waals surface area contributed by atoms with E-state index >= 15 is 0 Å². The van der Waals surface area contributed by atoms with Gasteiger partial charge in [0.1, 0.15) is 5.76 Å². The minimum atomic E-state index is -0.0865. The van der Waals surface area contributed by atoms with E-state index in [4.69, 9.17) is 4.42 Å². The van der Waals surface area contributed by atoms with Gasteiger partial charge in [0, 0.05) is 23.5 Å². The Bertz CT molecular complexity index is 640. The largest absolute Gasteiger partial charge is 0.456 e. The van der Waals surface area contributed by atoms with Crippen LogP contribution in [-0.4, -0.2) is 30.4 Å². The Morgan fingerprint density at radius 2 is 2.17 bits per heavy atom. The van der Waals surface area contributed by atoms with Crippen LogP contribution in [0, 0.1) is 19.8 Å². The first kappa shape index (κ1) is 16.3. The minimum Gasteiger partial charge on any atom is -0.456 e. The lowest BCUT2D eigenvalue weighted by molar-refractivity contribution is 0.0905. The second kappa shape index (κ2) is 7.32. The van der Waals surface area contributed by atoms with Crippen molar-refractivity contribution in [2.75, 3.05) is 19.6 Å². The maximum absolute atomic E-state index is 12.2. The van der Waals surface area contributed by atoms with Crippen LogP contribution >= 0.6 is 11.3 Å². The van der Waals surface area contributed by atoms with Crippen molar-refractivity contribution in [2.45, 2.75) is 33.2 Å². The third-order valence-corrected chi connectivity index (χ3v) is 5.33. The molecule has 124 valence electrons. The van der Waals surface area contributed by atoms with Gasteiger partial charge in [0.15, 0.2) is 5.76 Å². The number of piperidine rings is 1. The van der Waals surface area contributed by atoms with Gasteiger partial charge in [-0.3, -0.25) is 9.69 Å². The van der Waals surface area contributed by atoms with Gasteiger partial charge in [0.2, 0.25) is 0 Å². The van der Waals surface area contributed by atoms with Crippen molar-refractivity contribution in [2.24, 2.45) is 5.92 Å². The third kappa shape index (κ3) is 4.24. The number of carbonyl (C=O) groups is 1. The van der Waals surface area contributed by atoms with E-state index in [1.807, 2.05) is 31.3 Å². The molecule has 0 aliphatic carbocycles. The third-order valence-electron chi connectivity index (χ3n) is 4.47. The quantitative estimate of drug-likeness (QED) is 0.910. The van der Waals surface area contributed by atoms with Crippen molar-refractivity contribution in [3.05, 3.63) is 45.5 Å². The molecule has 1 amide bonds. The van der Waals surface area contributed by atoms with Gasteiger partial charge in [-0.1, -0.05) is 6.07 Å².